The third-order valence-corrected chi connectivity index (χ3v) is 7.97. The van der Waals surface area contributed by atoms with Crippen LogP contribution in [0, 0.1) is 0 Å². The van der Waals surface area contributed by atoms with Gasteiger partial charge in [-0.15, -0.1) is 0 Å². The highest BCUT2D eigenvalue weighted by Gasteiger charge is 2.45. The minimum absolute atomic E-state index is 0.206. The number of unbranched alkanes of at least 4 members (excludes halogenated alkanes) is 1. The Morgan fingerprint density at radius 3 is 2.75 bits per heavy atom. The largest absolute Gasteiger partial charge is 0.497 e. The lowest BCUT2D eigenvalue weighted by atomic mass is 9.64. The molecule has 1 amide bonds. The highest BCUT2D eigenvalue weighted by molar-refractivity contribution is 7.99. The highest BCUT2D eigenvalue weighted by atomic mass is 32.2. The third kappa shape index (κ3) is 5.54. The third-order valence-electron chi connectivity index (χ3n) is 7.16. The van der Waals surface area contributed by atoms with E-state index in [9.17, 15) is 4.79 Å². The van der Waals surface area contributed by atoms with Crippen molar-refractivity contribution in [2.45, 2.75) is 56.0 Å². The standard InChI is InChI=1S/C28H37N3O4S/c1-5-7-8-23(32)31-13-11-28(12-14-31)19-20-18-21(34-4)9-10-22(20)25-24(28)26(35-15-6-2)30-27(29-25)36-17-16-33-3/h6,9-10,18H,2,5,7-8,11-17,19H2,1,3-4H3. The molecule has 0 N–H and O–H groups in total. The van der Waals surface area contributed by atoms with Gasteiger partial charge in [-0.2, -0.15) is 4.98 Å². The SMILES string of the molecule is C=CCOc1nc(SCCOC)nc2c1C1(CCN(C(=O)CCCC)CC1)Cc1cc(OC)ccc1-2. The van der Waals surface area contributed by atoms with Gasteiger partial charge in [0, 0.05) is 48.9 Å². The van der Waals surface area contributed by atoms with Gasteiger partial charge >= 0.3 is 0 Å². The summed E-state index contributed by atoms with van der Waals surface area (Å²) < 4.78 is 17.0. The predicted octanol–water partition coefficient (Wildman–Crippen LogP) is 5.06. The van der Waals surface area contributed by atoms with E-state index in [1.807, 2.05) is 11.0 Å². The fourth-order valence-corrected chi connectivity index (χ4v) is 5.98. The van der Waals surface area contributed by atoms with Gasteiger partial charge in [-0.05, 0) is 49.4 Å². The molecular formula is C28H37N3O4S. The number of benzene rings is 1. The van der Waals surface area contributed by atoms with Gasteiger partial charge < -0.3 is 19.1 Å². The molecule has 1 saturated heterocycles. The summed E-state index contributed by atoms with van der Waals surface area (Å²) in [5, 5.41) is 0.677. The molecule has 36 heavy (non-hydrogen) atoms. The number of hydrogen-bond acceptors (Lipinski definition) is 7. The molecule has 8 heteroatoms. The first-order chi connectivity index (χ1) is 17.5. The second kappa shape index (κ2) is 12.1. The monoisotopic (exact) mass is 511 g/mol. The van der Waals surface area contributed by atoms with E-state index in [1.54, 1.807) is 32.1 Å². The van der Waals surface area contributed by atoms with Gasteiger partial charge in [0.05, 0.1) is 19.4 Å². The van der Waals surface area contributed by atoms with Crippen molar-refractivity contribution >= 4 is 17.7 Å². The summed E-state index contributed by atoms with van der Waals surface area (Å²) in [6, 6.07) is 6.21. The number of rotatable bonds is 11. The molecule has 0 radical (unpaired) electrons. The van der Waals surface area contributed by atoms with Crippen LogP contribution in [0.5, 0.6) is 11.6 Å². The van der Waals surface area contributed by atoms with Gasteiger partial charge in [-0.25, -0.2) is 4.98 Å². The van der Waals surface area contributed by atoms with Crippen LogP contribution in [0.2, 0.25) is 0 Å². The molecule has 194 valence electrons. The molecule has 7 nitrogen and oxygen atoms in total. The van der Waals surface area contributed by atoms with E-state index in [2.05, 4.69) is 25.6 Å². The number of methoxy groups -OCH3 is 2. The minimum atomic E-state index is -0.206. The van der Waals surface area contributed by atoms with Crippen LogP contribution in [0.25, 0.3) is 11.3 Å². The molecule has 4 rings (SSSR count). The summed E-state index contributed by atoms with van der Waals surface area (Å²) in [5.74, 6) is 2.48. The van der Waals surface area contributed by atoms with E-state index in [4.69, 9.17) is 24.2 Å². The molecule has 2 heterocycles. The maximum absolute atomic E-state index is 12.8. The maximum atomic E-state index is 12.8. The molecule has 1 aromatic carbocycles. The van der Waals surface area contributed by atoms with Crippen molar-refractivity contribution in [2.75, 3.05) is 46.3 Å². The van der Waals surface area contributed by atoms with Crippen molar-refractivity contribution < 1.29 is 19.0 Å². The van der Waals surface area contributed by atoms with Crippen LogP contribution in [0.1, 0.15) is 50.2 Å². The van der Waals surface area contributed by atoms with Crippen molar-refractivity contribution in [3.05, 3.63) is 42.0 Å². The van der Waals surface area contributed by atoms with Crippen molar-refractivity contribution in [3.63, 3.8) is 0 Å². The Morgan fingerprint density at radius 1 is 1.25 bits per heavy atom. The van der Waals surface area contributed by atoms with Crippen LogP contribution < -0.4 is 9.47 Å². The average Bonchev–Trinajstić information content (AvgIpc) is 2.90. The number of amides is 1. The van der Waals surface area contributed by atoms with Crippen LogP contribution in [0.3, 0.4) is 0 Å². The molecule has 1 spiro atoms. The van der Waals surface area contributed by atoms with Crippen LogP contribution in [0.15, 0.2) is 36.0 Å². The van der Waals surface area contributed by atoms with E-state index >= 15 is 0 Å². The molecule has 1 aliphatic heterocycles. The van der Waals surface area contributed by atoms with Crippen molar-refractivity contribution in [3.8, 4) is 22.9 Å². The number of aromatic nitrogens is 2. The summed E-state index contributed by atoms with van der Waals surface area (Å²) in [5.41, 5.74) is 4.10. The molecule has 0 atom stereocenters. The molecule has 2 aliphatic rings. The fourth-order valence-electron chi connectivity index (χ4n) is 5.24. The number of fused-ring (bicyclic) bond motifs is 4. The highest BCUT2D eigenvalue weighted by Crippen LogP contribution is 2.52. The van der Waals surface area contributed by atoms with Gasteiger partial charge in [-0.1, -0.05) is 37.8 Å². The van der Waals surface area contributed by atoms with Gasteiger partial charge in [0.15, 0.2) is 5.16 Å². The molecular weight excluding hydrogens is 474 g/mol. The van der Waals surface area contributed by atoms with E-state index in [0.717, 1.165) is 73.5 Å². The molecule has 1 fully saturated rings. The zero-order valence-electron chi connectivity index (χ0n) is 21.7. The first-order valence-corrected chi connectivity index (χ1v) is 13.8. The number of hydrogen-bond donors (Lipinski definition) is 0. The van der Waals surface area contributed by atoms with Gasteiger partial charge in [0.1, 0.15) is 12.4 Å². The summed E-state index contributed by atoms with van der Waals surface area (Å²) >= 11 is 1.56. The lowest BCUT2D eigenvalue weighted by Crippen LogP contribution is -2.47. The normalized spacial score (nSPS) is 15.8. The Morgan fingerprint density at radius 2 is 2.06 bits per heavy atom. The van der Waals surface area contributed by atoms with E-state index in [1.165, 1.54) is 5.56 Å². The number of carbonyl (C=O) groups is 1. The average molecular weight is 512 g/mol. The fraction of sp³-hybridized carbons (Fsp3) is 0.536. The lowest BCUT2D eigenvalue weighted by molar-refractivity contribution is -0.133. The van der Waals surface area contributed by atoms with Gasteiger partial charge in [0.2, 0.25) is 11.8 Å². The van der Waals surface area contributed by atoms with Crippen LogP contribution in [-0.2, 0) is 21.4 Å². The first kappa shape index (κ1) is 26.5. The lowest BCUT2D eigenvalue weighted by Gasteiger charge is -2.45. The van der Waals surface area contributed by atoms with Crippen LogP contribution in [-0.4, -0.2) is 67.1 Å². The quantitative estimate of drug-likeness (QED) is 0.181. The molecule has 0 saturated carbocycles. The minimum Gasteiger partial charge on any atom is -0.497 e. The number of piperidine rings is 1. The number of nitrogens with zero attached hydrogens (tertiary/aromatic N) is 3. The van der Waals surface area contributed by atoms with Crippen molar-refractivity contribution in [2.24, 2.45) is 0 Å². The molecule has 0 bridgehead atoms. The summed E-state index contributed by atoms with van der Waals surface area (Å²) in [7, 11) is 3.39. The Hall–Kier alpha value is -2.58. The number of thioether (sulfide) groups is 1. The number of ether oxygens (including phenoxy) is 3. The molecule has 2 aromatic rings. The summed E-state index contributed by atoms with van der Waals surface area (Å²) in [6.07, 6.45) is 6.87. The van der Waals surface area contributed by atoms with E-state index < -0.39 is 0 Å². The predicted molar refractivity (Wildman–Crippen MR) is 143 cm³/mol. The molecule has 0 unspecified atom stereocenters. The smallest absolute Gasteiger partial charge is 0.222 e. The number of likely N-dealkylation sites (tertiary alicyclic amines) is 1. The Bertz CT molecular complexity index is 1080. The summed E-state index contributed by atoms with van der Waals surface area (Å²) in [6.45, 7) is 8.41. The second-order valence-electron chi connectivity index (χ2n) is 9.44. The van der Waals surface area contributed by atoms with E-state index in [-0.39, 0.29) is 11.3 Å². The first-order valence-electron chi connectivity index (χ1n) is 12.8. The maximum Gasteiger partial charge on any atom is 0.222 e. The van der Waals surface area contributed by atoms with Crippen molar-refractivity contribution in [1.82, 2.24) is 14.9 Å². The zero-order chi connectivity index (χ0) is 25.5. The van der Waals surface area contributed by atoms with Crippen LogP contribution in [0.4, 0.5) is 0 Å². The number of carbonyl (C=O) groups excluding carboxylic acids is 1. The Labute approximate surface area is 218 Å². The van der Waals surface area contributed by atoms with E-state index in [0.29, 0.717) is 30.7 Å². The summed E-state index contributed by atoms with van der Waals surface area (Å²) in [4.78, 5) is 24.7. The van der Waals surface area contributed by atoms with Crippen molar-refractivity contribution in [1.29, 1.82) is 0 Å². The second-order valence-corrected chi connectivity index (χ2v) is 10.5. The Kier molecular flexibility index (Phi) is 8.90. The zero-order valence-corrected chi connectivity index (χ0v) is 22.5. The molecule has 1 aromatic heterocycles. The van der Waals surface area contributed by atoms with Gasteiger partial charge in [-0.3, -0.25) is 4.79 Å². The molecule has 1 aliphatic carbocycles. The van der Waals surface area contributed by atoms with Gasteiger partial charge in [0.25, 0.3) is 0 Å². The Balaban J connectivity index is 1.77. The topological polar surface area (TPSA) is 73.8 Å². The van der Waals surface area contributed by atoms with Crippen LogP contribution >= 0.6 is 11.8 Å².